The molecule has 0 unspecified atom stereocenters. The second-order valence-corrected chi connectivity index (χ2v) is 15.0. The summed E-state index contributed by atoms with van der Waals surface area (Å²) in [6.45, 7) is 4.19. The van der Waals surface area contributed by atoms with Gasteiger partial charge >= 0.3 is 10.6 Å². The summed E-state index contributed by atoms with van der Waals surface area (Å²) in [4.78, 5) is 32.2. The molecule has 0 saturated carbocycles. The predicted octanol–water partition coefficient (Wildman–Crippen LogP) is 7.16. The maximum absolute atomic E-state index is 13.6. The average molecular weight is 663 g/mol. The van der Waals surface area contributed by atoms with E-state index in [9.17, 15) is 19.8 Å². The van der Waals surface area contributed by atoms with Crippen molar-refractivity contribution in [1.29, 1.82) is 0 Å². The third-order valence-electron chi connectivity index (χ3n) is 9.59. The highest BCUT2D eigenvalue weighted by molar-refractivity contribution is 8.55. The Hall–Kier alpha value is -5.17. The summed E-state index contributed by atoms with van der Waals surface area (Å²) in [5.41, 5.74) is 6.33. The van der Waals surface area contributed by atoms with Crippen LogP contribution in [0.2, 0.25) is 0 Å². The Kier molecular flexibility index (Phi) is 7.24. The summed E-state index contributed by atoms with van der Waals surface area (Å²) in [5.74, 6) is 0. The number of hydrogen-bond acceptors (Lipinski definition) is 7. The Morgan fingerprint density at radius 1 is 0.688 bits per heavy atom. The van der Waals surface area contributed by atoms with Crippen molar-refractivity contribution in [2.45, 2.75) is 9.79 Å². The van der Waals surface area contributed by atoms with Crippen LogP contribution in [0.15, 0.2) is 95.0 Å². The van der Waals surface area contributed by atoms with E-state index in [4.69, 9.17) is 4.74 Å². The van der Waals surface area contributed by atoms with Gasteiger partial charge in [0.1, 0.15) is 0 Å². The average Bonchev–Trinajstić information content (AvgIpc) is 3.67. The minimum absolute atomic E-state index is 0.306. The molecule has 8 rings (SSSR count). The van der Waals surface area contributed by atoms with Crippen molar-refractivity contribution >= 4 is 53.8 Å². The van der Waals surface area contributed by atoms with Crippen molar-refractivity contribution in [2.75, 3.05) is 44.3 Å². The van der Waals surface area contributed by atoms with E-state index in [1.807, 2.05) is 74.8 Å². The molecule has 12 heteroatoms. The second-order valence-electron chi connectivity index (χ2n) is 12.2. The van der Waals surface area contributed by atoms with Gasteiger partial charge in [-0.05, 0) is 70.8 Å². The van der Waals surface area contributed by atoms with Gasteiger partial charge in [0.25, 0.3) is 0 Å². The van der Waals surface area contributed by atoms with Crippen LogP contribution < -0.4 is 4.90 Å². The Morgan fingerprint density at radius 3 is 1.62 bits per heavy atom. The first-order valence-corrected chi connectivity index (χ1v) is 17.4. The molecule has 0 atom stereocenters. The smallest absolute Gasteiger partial charge is 0.365 e. The molecule has 1 saturated heterocycles. The highest BCUT2D eigenvalue weighted by Gasteiger charge is 2.51. The zero-order chi connectivity index (χ0) is 33.2. The Labute approximate surface area is 277 Å². The monoisotopic (exact) mass is 662 g/mol. The minimum Gasteiger partial charge on any atom is -0.473 e. The molecule has 2 aromatic heterocycles. The summed E-state index contributed by atoms with van der Waals surface area (Å²) in [7, 11) is 0.120. The van der Waals surface area contributed by atoms with Crippen LogP contribution in [0.25, 0.3) is 44.1 Å². The number of aryl methyl sites for hydroxylation is 2. The number of hydrogen-bond donors (Lipinski definition) is 2. The molecule has 244 valence electrons. The first kappa shape index (κ1) is 30.2. The Bertz CT molecular complexity index is 2110. The van der Waals surface area contributed by atoms with Crippen molar-refractivity contribution in [3.63, 3.8) is 0 Å². The van der Waals surface area contributed by atoms with E-state index in [0.717, 1.165) is 57.1 Å². The zero-order valence-corrected chi connectivity index (χ0v) is 27.4. The van der Waals surface area contributed by atoms with Crippen molar-refractivity contribution in [1.82, 2.24) is 24.5 Å². The number of benzene rings is 4. The molecule has 4 aromatic carbocycles. The van der Waals surface area contributed by atoms with Crippen molar-refractivity contribution in [3.8, 4) is 22.3 Å². The lowest BCUT2D eigenvalue weighted by atomic mass is 10.0. The van der Waals surface area contributed by atoms with Gasteiger partial charge in [0.05, 0.1) is 48.0 Å². The summed E-state index contributed by atoms with van der Waals surface area (Å²) in [6, 6.07) is 23.1. The van der Waals surface area contributed by atoms with Crippen LogP contribution in [0.1, 0.15) is 0 Å². The Balaban J connectivity index is 1.32. The summed E-state index contributed by atoms with van der Waals surface area (Å²) < 4.78 is 9.15. The van der Waals surface area contributed by atoms with Crippen LogP contribution in [0.3, 0.4) is 0 Å². The lowest BCUT2D eigenvalue weighted by Gasteiger charge is -2.44. The van der Waals surface area contributed by atoms with Crippen molar-refractivity contribution in [2.24, 2.45) is 14.1 Å². The number of anilines is 2. The number of rotatable bonds is 5. The van der Waals surface area contributed by atoms with Gasteiger partial charge in [-0.2, -0.15) is 10.2 Å². The molecular formula is C36H34N6O5S. The van der Waals surface area contributed by atoms with Crippen LogP contribution in [-0.4, -0.2) is 84.7 Å². The normalized spacial score (nSPS) is 16.5. The molecule has 6 aromatic rings. The first-order chi connectivity index (χ1) is 23.3. The lowest BCUT2D eigenvalue weighted by Crippen LogP contribution is -2.41. The van der Waals surface area contributed by atoms with E-state index < -0.39 is 20.6 Å². The van der Waals surface area contributed by atoms with Crippen molar-refractivity contribution in [3.05, 3.63) is 85.2 Å². The number of ether oxygens (including phenoxy) is 1. The minimum atomic E-state index is -3.64. The molecule has 1 fully saturated rings. The molecule has 0 bridgehead atoms. The number of morpholine rings is 1. The fraction of sp³-hybridized carbons (Fsp3) is 0.222. The van der Waals surface area contributed by atoms with E-state index in [-0.39, 0.29) is 0 Å². The van der Waals surface area contributed by atoms with Crippen LogP contribution in [0.4, 0.5) is 21.0 Å². The number of aromatic nitrogens is 4. The summed E-state index contributed by atoms with van der Waals surface area (Å²) in [6.07, 6.45) is 3.57. The van der Waals surface area contributed by atoms with E-state index in [1.54, 1.807) is 33.9 Å². The maximum atomic E-state index is 13.6. The molecule has 11 nitrogen and oxygen atoms in total. The quantitative estimate of drug-likeness (QED) is 0.198. The fourth-order valence-electron chi connectivity index (χ4n) is 7.02. The lowest BCUT2D eigenvalue weighted by molar-refractivity contribution is 0.0394. The predicted molar refractivity (Wildman–Crippen MR) is 187 cm³/mol. The van der Waals surface area contributed by atoms with Gasteiger partial charge in [0.15, 0.2) is 0 Å². The first-order valence-electron chi connectivity index (χ1n) is 15.7. The van der Waals surface area contributed by atoms with Crippen LogP contribution >= 0.6 is 10.0 Å². The topological polar surface area (TPSA) is 126 Å². The van der Waals surface area contributed by atoms with Gasteiger partial charge in [-0.25, -0.2) is 9.59 Å². The van der Waals surface area contributed by atoms with Crippen LogP contribution in [-0.2, 0) is 18.8 Å². The van der Waals surface area contributed by atoms with Gasteiger partial charge in [-0.15, -0.1) is 0 Å². The SMILES string of the molecule is Cn1ncc2cc(-c3ccc4c(c3)S(C(=O)O)(C(=O)O)c3cc(-c5ccc6c(cnn6C)c5)ccc3N4CCN3CCOCC3)ccc21. The molecular weight excluding hydrogens is 629 g/mol. The van der Waals surface area contributed by atoms with Crippen molar-refractivity contribution < 1.29 is 24.5 Å². The summed E-state index contributed by atoms with van der Waals surface area (Å²) >= 11 is 0. The number of fused-ring (bicyclic) bond motifs is 4. The highest BCUT2D eigenvalue weighted by Crippen LogP contribution is 2.72. The number of carbonyl (C=O) groups is 2. The fourth-order valence-corrected chi connectivity index (χ4v) is 9.75. The molecule has 2 aliphatic rings. The number of nitrogens with zero attached hydrogens (tertiary/aromatic N) is 6. The number of carboxylic acid groups (broad SMARTS) is 2. The largest absolute Gasteiger partial charge is 0.473 e. The van der Waals surface area contributed by atoms with Gasteiger partial charge in [-0.3, -0.25) is 14.3 Å². The third-order valence-corrected chi connectivity index (χ3v) is 12.6. The van der Waals surface area contributed by atoms with Gasteiger partial charge in [0, 0.05) is 70.9 Å². The van der Waals surface area contributed by atoms with Crippen LogP contribution in [0, 0.1) is 0 Å². The molecule has 0 amide bonds. The van der Waals surface area contributed by atoms with E-state index in [2.05, 4.69) is 20.0 Å². The summed E-state index contributed by atoms with van der Waals surface area (Å²) in [5, 5.41) is 30.0. The molecule has 2 N–H and O–H groups in total. The molecule has 48 heavy (non-hydrogen) atoms. The second kappa shape index (κ2) is 11.5. The zero-order valence-electron chi connectivity index (χ0n) is 26.5. The van der Waals surface area contributed by atoms with Crippen LogP contribution in [0.5, 0.6) is 0 Å². The van der Waals surface area contributed by atoms with E-state index in [1.165, 1.54) is 0 Å². The Morgan fingerprint density at radius 2 is 1.15 bits per heavy atom. The molecule has 0 aliphatic carbocycles. The molecule has 0 radical (unpaired) electrons. The standard InChI is InChI=1S/C36H34N6O5S/c1-39-29-7-3-23(17-27(29)21-37-39)25-5-9-31-33(19-25)48(35(43)44,36(45)46)34-20-26(24-4-8-30-28(18-24)22-38-40(30)2)6-10-32(34)42(31)12-11-41-13-15-47-16-14-41/h3-10,17-22H,11-16H2,1-2H3,(H,43,44)(H,45,46). The molecule has 4 heterocycles. The maximum Gasteiger partial charge on any atom is 0.365 e. The highest BCUT2D eigenvalue weighted by atomic mass is 32.3. The van der Waals surface area contributed by atoms with Gasteiger partial charge in [-0.1, -0.05) is 24.3 Å². The molecule has 2 aliphatic heterocycles. The van der Waals surface area contributed by atoms with E-state index >= 15 is 0 Å². The van der Waals surface area contributed by atoms with E-state index in [0.29, 0.717) is 47.5 Å². The van der Waals surface area contributed by atoms with Gasteiger partial charge < -0.3 is 19.8 Å². The third kappa shape index (κ3) is 4.67. The molecule has 0 spiro atoms. The van der Waals surface area contributed by atoms with Gasteiger partial charge in [0.2, 0.25) is 0 Å².